The molecule has 0 radical (unpaired) electrons. The van der Waals surface area contributed by atoms with Crippen molar-refractivity contribution in [2.24, 2.45) is 5.92 Å². The van der Waals surface area contributed by atoms with E-state index in [9.17, 15) is 21.6 Å². The van der Waals surface area contributed by atoms with E-state index >= 15 is 0 Å². The first kappa shape index (κ1) is 16.9. The summed E-state index contributed by atoms with van der Waals surface area (Å²) in [5, 5.41) is 9.10. The Morgan fingerprint density at radius 3 is 2.20 bits per heavy atom. The molecule has 0 bridgehead atoms. The summed E-state index contributed by atoms with van der Waals surface area (Å²) >= 11 is 0. The molecule has 0 saturated heterocycles. The molecule has 0 aromatic heterocycles. The summed E-state index contributed by atoms with van der Waals surface area (Å²) in [6, 6.07) is -0.385. The number of hydrogen-bond acceptors (Lipinski definition) is 3. The molecule has 1 aromatic rings. The van der Waals surface area contributed by atoms with Crippen molar-refractivity contribution >= 4 is 10.0 Å². The lowest BCUT2D eigenvalue weighted by Crippen LogP contribution is -2.38. The highest BCUT2D eigenvalue weighted by Gasteiger charge is 2.25. The highest BCUT2D eigenvalue weighted by molar-refractivity contribution is 7.89. The third-order valence-electron chi connectivity index (χ3n) is 2.56. The van der Waals surface area contributed by atoms with Gasteiger partial charge in [0, 0.05) is 12.1 Å². The Labute approximate surface area is 115 Å². The fourth-order valence-corrected chi connectivity index (χ4v) is 3.03. The van der Waals surface area contributed by atoms with Crippen molar-refractivity contribution < 1.29 is 26.7 Å². The smallest absolute Gasteiger partial charge is 0.243 e. The Kier molecular flexibility index (Phi) is 5.55. The van der Waals surface area contributed by atoms with Gasteiger partial charge in [0.2, 0.25) is 10.0 Å². The quantitative estimate of drug-likeness (QED) is 0.787. The van der Waals surface area contributed by atoms with Crippen molar-refractivity contribution in [3.05, 3.63) is 29.6 Å². The summed E-state index contributed by atoms with van der Waals surface area (Å²) in [6.45, 7) is 3.15. The zero-order chi connectivity index (χ0) is 15.5. The van der Waals surface area contributed by atoms with Gasteiger partial charge in [-0.05, 0) is 18.4 Å². The van der Waals surface area contributed by atoms with Crippen LogP contribution >= 0.6 is 0 Å². The minimum atomic E-state index is -4.38. The fraction of sp³-hybridized carbons (Fsp3) is 0.500. The first-order valence-electron chi connectivity index (χ1n) is 5.95. The van der Waals surface area contributed by atoms with Crippen molar-refractivity contribution in [1.29, 1.82) is 0 Å². The summed E-state index contributed by atoms with van der Waals surface area (Å²) in [4.78, 5) is -0.987. The van der Waals surface area contributed by atoms with Crippen LogP contribution < -0.4 is 4.72 Å². The number of aliphatic hydroxyl groups excluding tert-OH is 1. The molecule has 1 rings (SSSR count). The summed E-state index contributed by atoms with van der Waals surface area (Å²) in [5.41, 5.74) is 0. The van der Waals surface area contributed by atoms with Gasteiger partial charge in [0.05, 0.1) is 6.61 Å². The zero-order valence-corrected chi connectivity index (χ0v) is 11.8. The Morgan fingerprint density at radius 1 is 1.15 bits per heavy atom. The van der Waals surface area contributed by atoms with Crippen molar-refractivity contribution in [2.45, 2.75) is 31.2 Å². The number of halogens is 3. The molecule has 8 heteroatoms. The molecule has 1 unspecified atom stereocenters. The SMILES string of the molecule is CC(C)CC(CO)NS(=O)(=O)c1cc(F)c(F)cc1F. The normalized spacial score (nSPS) is 13.8. The van der Waals surface area contributed by atoms with Crippen molar-refractivity contribution in [3.8, 4) is 0 Å². The molecule has 4 nitrogen and oxygen atoms in total. The molecule has 0 aliphatic heterocycles. The number of nitrogens with one attached hydrogen (secondary N) is 1. The molecule has 114 valence electrons. The molecule has 0 aliphatic rings. The average molecular weight is 311 g/mol. The van der Waals surface area contributed by atoms with Crippen LogP contribution in [-0.4, -0.2) is 26.2 Å². The molecule has 0 aliphatic carbocycles. The second kappa shape index (κ2) is 6.55. The van der Waals surface area contributed by atoms with E-state index in [1.54, 1.807) is 0 Å². The molecule has 0 fully saturated rings. The van der Waals surface area contributed by atoms with Crippen molar-refractivity contribution in [1.82, 2.24) is 4.72 Å². The largest absolute Gasteiger partial charge is 0.395 e. The number of rotatable bonds is 6. The van der Waals surface area contributed by atoms with Crippen LogP contribution in [0.25, 0.3) is 0 Å². The Balaban J connectivity index is 3.08. The van der Waals surface area contributed by atoms with Gasteiger partial charge in [0.1, 0.15) is 10.7 Å². The molecule has 1 atom stereocenters. The van der Waals surface area contributed by atoms with Gasteiger partial charge in [-0.1, -0.05) is 13.8 Å². The van der Waals surface area contributed by atoms with Crippen molar-refractivity contribution in [2.75, 3.05) is 6.61 Å². The van der Waals surface area contributed by atoms with Crippen LogP contribution in [0, 0.1) is 23.4 Å². The Morgan fingerprint density at radius 2 is 1.70 bits per heavy atom. The van der Waals surface area contributed by atoms with E-state index in [4.69, 9.17) is 5.11 Å². The van der Waals surface area contributed by atoms with Crippen molar-refractivity contribution in [3.63, 3.8) is 0 Å². The highest BCUT2D eigenvalue weighted by Crippen LogP contribution is 2.19. The van der Waals surface area contributed by atoms with Crippen LogP contribution in [0.4, 0.5) is 13.2 Å². The van der Waals surface area contributed by atoms with E-state index in [0.29, 0.717) is 6.42 Å². The lowest BCUT2D eigenvalue weighted by Gasteiger charge is -2.18. The minimum Gasteiger partial charge on any atom is -0.395 e. The molecule has 2 N–H and O–H groups in total. The molecule has 0 heterocycles. The van der Waals surface area contributed by atoms with E-state index in [2.05, 4.69) is 4.72 Å². The van der Waals surface area contributed by atoms with E-state index in [1.165, 1.54) is 0 Å². The van der Waals surface area contributed by atoms with Gasteiger partial charge >= 0.3 is 0 Å². The summed E-state index contributed by atoms with van der Waals surface area (Å²) in [7, 11) is -4.38. The van der Waals surface area contributed by atoms with Crippen LogP contribution in [0.1, 0.15) is 20.3 Å². The van der Waals surface area contributed by atoms with Crippen LogP contribution in [0.15, 0.2) is 17.0 Å². The lowest BCUT2D eigenvalue weighted by molar-refractivity contribution is 0.240. The monoisotopic (exact) mass is 311 g/mol. The summed E-state index contributed by atoms with van der Waals surface area (Å²) in [5.74, 6) is -4.24. The van der Waals surface area contributed by atoms with Crippen LogP contribution in [0.3, 0.4) is 0 Å². The second-order valence-electron chi connectivity index (χ2n) is 4.83. The van der Waals surface area contributed by atoms with Crippen LogP contribution in [0.2, 0.25) is 0 Å². The van der Waals surface area contributed by atoms with Gasteiger partial charge in [-0.3, -0.25) is 0 Å². The zero-order valence-electron chi connectivity index (χ0n) is 11.0. The second-order valence-corrected chi connectivity index (χ2v) is 6.51. The van der Waals surface area contributed by atoms with Crippen LogP contribution in [-0.2, 0) is 10.0 Å². The van der Waals surface area contributed by atoms with Crippen LogP contribution in [0.5, 0.6) is 0 Å². The number of hydrogen-bond donors (Lipinski definition) is 2. The maximum absolute atomic E-state index is 13.5. The van der Waals surface area contributed by atoms with Gasteiger partial charge in [-0.25, -0.2) is 26.3 Å². The van der Waals surface area contributed by atoms with Gasteiger partial charge in [0.25, 0.3) is 0 Å². The highest BCUT2D eigenvalue weighted by atomic mass is 32.2. The topological polar surface area (TPSA) is 66.4 Å². The van der Waals surface area contributed by atoms with Gasteiger partial charge in [-0.2, -0.15) is 0 Å². The molecular weight excluding hydrogens is 295 g/mol. The van der Waals surface area contributed by atoms with Gasteiger partial charge in [0.15, 0.2) is 11.6 Å². The van der Waals surface area contributed by atoms with E-state index in [1.807, 2.05) is 13.8 Å². The average Bonchev–Trinajstić information content (AvgIpc) is 2.31. The third kappa shape index (κ3) is 4.19. The molecule has 1 aromatic carbocycles. The van der Waals surface area contributed by atoms with Gasteiger partial charge in [-0.15, -0.1) is 0 Å². The maximum atomic E-state index is 13.5. The summed E-state index contributed by atoms with van der Waals surface area (Å²) < 4.78 is 65.2. The number of benzene rings is 1. The summed E-state index contributed by atoms with van der Waals surface area (Å²) in [6.07, 6.45) is 0.320. The van der Waals surface area contributed by atoms with Gasteiger partial charge < -0.3 is 5.11 Å². The number of sulfonamides is 1. The molecule has 0 spiro atoms. The predicted molar refractivity (Wildman–Crippen MR) is 67.0 cm³/mol. The van der Waals surface area contributed by atoms with E-state index in [-0.39, 0.29) is 18.1 Å². The molecular formula is C12H16F3NO3S. The Hall–Kier alpha value is -1.12. The first-order chi connectivity index (χ1) is 9.17. The van der Waals surface area contributed by atoms with E-state index < -0.39 is 45.0 Å². The lowest BCUT2D eigenvalue weighted by atomic mass is 10.1. The predicted octanol–water partition coefficient (Wildman–Crippen LogP) is 1.79. The Bertz CT molecular complexity index is 576. The molecule has 0 saturated carbocycles. The molecule has 0 amide bonds. The fourth-order valence-electron chi connectivity index (χ4n) is 1.72. The number of aliphatic hydroxyl groups is 1. The third-order valence-corrected chi connectivity index (χ3v) is 4.10. The standard InChI is InChI=1S/C12H16F3NO3S/c1-7(2)3-8(6-17)16-20(18,19)12-5-10(14)9(13)4-11(12)15/h4-5,7-8,16-17H,3,6H2,1-2H3. The molecule has 20 heavy (non-hydrogen) atoms. The maximum Gasteiger partial charge on any atom is 0.243 e. The minimum absolute atomic E-state index is 0.0876. The first-order valence-corrected chi connectivity index (χ1v) is 7.43. The van der Waals surface area contributed by atoms with E-state index in [0.717, 1.165) is 0 Å².